The van der Waals surface area contributed by atoms with Crippen LogP contribution >= 0.6 is 0 Å². The second kappa shape index (κ2) is 6.44. The number of hydrogen-bond acceptors (Lipinski definition) is 2. The van der Waals surface area contributed by atoms with Gasteiger partial charge < -0.3 is 4.90 Å². The average molecular weight is 314 g/mol. The molecule has 1 N–H and O–H groups in total. The minimum Gasteiger partial charge on any atom is -0.327 e. The van der Waals surface area contributed by atoms with Crippen LogP contribution in [0.15, 0.2) is 30.3 Å². The molecular formula is C18H26N4O. The number of anilines is 1. The largest absolute Gasteiger partial charge is 0.327 e. The predicted molar refractivity (Wildman–Crippen MR) is 93.8 cm³/mol. The summed E-state index contributed by atoms with van der Waals surface area (Å²) in [6.45, 7) is 8.90. The van der Waals surface area contributed by atoms with Crippen molar-refractivity contribution in [2.24, 2.45) is 7.05 Å². The molecule has 23 heavy (non-hydrogen) atoms. The van der Waals surface area contributed by atoms with Crippen LogP contribution in [0.2, 0.25) is 0 Å². The number of benzene rings is 1. The molecule has 0 aliphatic carbocycles. The maximum atomic E-state index is 12.4. The molecule has 5 heteroatoms. The van der Waals surface area contributed by atoms with Crippen LogP contribution in [0.4, 0.5) is 10.6 Å². The lowest BCUT2D eigenvalue weighted by molar-refractivity contribution is 0.212. The van der Waals surface area contributed by atoms with Gasteiger partial charge in [0.2, 0.25) is 0 Å². The normalized spacial score (nSPS) is 11.4. The number of hydrogen-bond donors (Lipinski definition) is 1. The second-order valence-electron chi connectivity index (χ2n) is 6.83. The molecule has 0 unspecified atom stereocenters. The molecule has 2 aromatic rings. The maximum Gasteiger partial charge on any atom is 0.322 e. The molecule has 0 radical (unpaired) electrons. The van der Waals surface area contributed by atoms with Gasteiger partial charge >= 0.3 is 6.03 Å². The van der Waals surface area contributed by atoms with Crippen LogP contribution < -0.4 is 5.32 Å². The summed E-state index contributed by atoms with van der Waals surface area (Å²) in [6, 6.07) is 10.2. The van der Waals surface area contributed by atoms with E-state index in [0.29, 0.717) is 12.4 Å². The number of aromatic nitrogens is 2. The number of rotatable bonds is 4. The van der Waals surface area contributed by atoms with Gasteiger partial charge in [-0.3, -0.25) is 10.00 Å². The van der Waals surface area contributed by atoms with Gasteiger partial charge in [-0.1, -0.05) is 43.7 Å². The second-order valence-corrected chi connectivity index (χ2v) is 6.83. The van der Waals surface area contributed by atoms with Crippen LogP contribution in [0.5, 0.6) is 0 Å². The summed E-state index contributed by atoms with van der Waals surface area (Å²) >= 11 is 0. The highest BCUT2D eigenvalue weighted by Gasteiger charge is 2.25. The molecule has 0 aliphatic rings. The molecule has 2 rings (SSSR count). The lowest BCUT2D eigenvalue weighted by Gasteiger charge is -2.31. The molecule has 1 heterocycles. The molecule has 1 aromatic carbocycles. The smallest absolute Gasteiger partial charge is 0.322 e. The van der Waals surface area contributed by atoms with E-state index in [1.165, 1.54) is 11.1 Å². The highest BCUT2D eigenvalue weighted by molar-refractivity contribution is 5.88. The molecule has 1 aromatic heterocycles. The monoisotopic (exact) mass is 314 g/mol. The van der Waals surface area contributed by atoms with Gasteiger partial charge in [0.25, 0.3) is 0 Å². The van der Waals surface area contributed by atoms with E-state index in [1.807, 2.05) is 27.1 Å². The van der Waals surface area contributed by atoms with Gasteiger partial charge in [-0.25, -0.2) is 4.79 Å². The van der Waals surface area contributed by atoms with Gasteiger partial charge in [-0.05, 0) is 19.4 Å². The molecule has 0 aliphatic heterocycles. The molecule has 0 saturated carbocycles. The Morgan fingerprint density at radius 3 is 2.39 bits per heavy atom. The molecular weight excluding hydrogens is 288 g/mol. The summed E-state index contributed by atoms with van der Waals surface area (Å²) in [5, 5.41) is 7.14. The molecule has 0 saturated heterocycles. The topological polar surface area (TPSA) is 50.2 Å². The zero-order valence-electron chi connectivity index (χ0n) is 14.8. The van der Waals surface area contributed by atoms with Gasteiger partial charge in [0.05, 0.1) is 5.69 Å². The molecule has 124 valence electrons. The minimum absolute atomic E-state index is 0.123. The summed E-state index contributed by atoms with van der Waals surface area (Å²) in [6.07, 6.45) is 0. The van der Waals surface area contributed by atoms with E-state index in [4.69, 9.17) is 0 Å². The fourth-order valence-corrected chi connectivity index (χ4v) is 2.69. The number of nitrogens with one attached hydrogen (secondary N) is 1. The first-order valence-corrected chi connectivity index (χ1v) is 7.79. The first-order valence-electron chi connectivity index (χ1n) is 7.79. The average Bonchev–Trinajstić information content (AvgIpc) is 2.76. The van der Waals surface area contributed by atoms with Crippen molar-refractivity contribution in [3.8, 4) is 0 Å². The van der Waals surface area contributed by atoms with E-state index in [9.17, 15) is 4.79 Å². The highest BCUT2D eigenvalue weighted by Crippen LogP contribution is 2.24. The maximum absolute atomic E-state index is 12.4. The number of carbonyl (C=O) groups is 1. The Bertz CT molecular complexity index is 686. The molecule has 0 fully saturated rings. The summed E-state index contributed by atoms with van der Waals surface area (Å²) in [4.78, 5) is 14.1. The molecule has 0 atom stereocenters. The number of likely N-dealkylation sites (N-methyl/N-ethyl adjacent to an activating group) is 1. The van der Waals surface area contributed by atoms with Crippen molar-refractivity contribution in [2.45, 2.75) is 33.1 Å². The Kier molecular flexibility index (Phi) is 4.78. The molecule has 0 bridgehead atoms. The van der Waals surface area contributed by atoms with Gasteiger partial charge in [-0.2, -0.15) is 5.10 Å². The zero-order valence-corrected chi connectivity index (χ0v) is 14.8. The molecule has 5 nitrogen and oxygen atoms in total. The van der Waals surface area contributed by atoms with Gasteiger partial charge in [0.1, 0.15) is 5.82 Å². The van der Waals surface area contributed by atoms with Crippen molar-refractivity contribution >= 4 is 11.8 Å². The van der Waals surface area contributed by atoms with E-state index >= 15 is 0 Å². The predicted octanol–water partition coefficient (Wildman–Crippen LogP) is 3.48. The van der Waals surface area contributed by atoms with Crippen molar-refractivity contribution in [3.63, 3.8) is 0 Å². The van der Waals surface area contributed by atoms with E-state index < -0.39 is 0 Å². The number of nitrogens with zero attached hydrogens (tertiary/aromatic N) is 3. The Balaban J connectivity index is 2.04. The van der Waals surface area contributed by atoms with E-state index in [-0.39, 0.29) is 11.4 Å². The number of carbonyl (C=O) groups excluding carboxylic acids is 1. The van der Waals surface area contributed by atoms with Crippen LogP contribution in [0.25, 0.3) is 0 Å². The number of urea groups is 1. The van der Waals surface area contributed by atoms with Crippen LogP contribution in [-0.2, 0) is 12.5 Å². The van der Waals surface area contributed by atoms with E-state index in [0.717, 1.165) is 5.69 Å². The van der Waals surface area contributed by atoms with Crippen molar-refractivity contribution in [1.82, 2.24) is 14.7 Å². The van der Waals surface area contributed by atoms with Crippen molar-refractivity contribution < 1.29 is 4.79 Å². The quantitative estimate of drug-likeness (QED) is 0.939. The lowest BCUT2D eigenvalue weighted by atomic mass is 9.84. The number of amides is 2. The molecule has 0 spiro atoms. The third kappa shape index (κ3) is 4.12. The SMILES string of the molecule is Cc1ccc(C(C)(C)CN(C)C(=O)Nc2cc(C)nn2C)cc1. The summed E-state index contributed by atoms with van der Waals surface area (Å²) in [7, 11) is 3.63. The van der Waals surface area contributed by atoms with E-state index in [1.54, 1.807) is 9.58 Å². The lowest BCUT2D eigenvalue weighted by Crippen LogP contribution is -2.40. The first-order chi connectivity index (χ1) is 10.7. The fourth-order valence-electron chi connectivity index (χ4n) is 2.69. The molecule has 2 amide bonds. The van der Waals surface area contributed by atoms with Crippen LogP contribution in [0, 0.1) is 13.8 Å². The van der Waals surface area contributed by atoms with Gasteiger partial charge in [0, 0.05) is 32.1 Å². The van der Waals surface area contributed by atoms with E-state index in [2.05, 4.69) is 55.5 Å². The van der Waals surface area contributed by atoms with Crippen molar-refractivity contribution in [2.75, 3.05) is 18.9 Å². The van der Waals surface area contributed by atoms with Crippen molar-refractivity contribution in [1.29, 1.82) is 0 Å². The summed E-state index contributed by atoms with van der Waals surface area (Å²) < 4.78 is 1.67. The van der Waals surface area contributed by atoms with Crippen molar-refractivity contribution in [3.05, 3.63) is 47.2 Å². The highest BCUT2D eigenvalue weighted by atomic mass is 16.2. The Labute approximate surface area is 138 Å². The fraction of sp³-hybridized carbons (Fsp3) is 0.444. The minimum atomic E-state index is -0.131. The van der Waals surface area contributed by atoms with Gasteiger partial charge in [0.15, 0.2) is 0 Å². The zero-order chi connectivity index (χ0) is 17.2. The number of aryl methyl sites for hydroxylation is 3. The summed E-state index contributed by atoms with van der Waals surface area (Å²) in [5.74, 6) is 0.701. The standard InChI is InChI=1S/C18H26N4O/c1-13-7-9-15(10-8-13)18(3,4)12-21(5)17(23)19-16-11-14(2)20-22(16)6/h7-11H,12H2,1-6H3,(H,19,23). The Morgan fingerprint density at radius 1 is 1.26 bits per heavy atom. The Morgan fingerprint density at radius 2 is 1.87 bits per heavy atom. The first kappa shape index (κ1) is 17.1. The van der Waals surface area contributed by atoms with Gasteiger partial charge in [-0.15, -0.1) is 0 Å². The summed E-state index contributed by atoms with van der Waals surface area (Å²) in [5.41, 5.74) is 3.22. The van der Waals surface area contributed by atoms with Crippen LogP contribution in [0.1, 0.15) is 30.7 Å². The van der Waals surface area contributed by atoms with Crippen LogP contribution in [0.3, 0.4) is 0 Å². The van der Waals surface area contributed by atoms with Crippen LogP contribution in [-0.4, -0.2) is 34.3 Å². The Hall–Kier alpha value is -2.30. The third-order valence-electron chi connectivity index (χ3n) is 4.05. The third-order valence-corrected chi connectivity index (χ3v) is 4.05.